The van der Waals surface area contributed by atoms with Gasteiger partial charge in [-0.3, -0.25) is 0 Å². The lowest BCUT2D eigenvalue weighted by Gasteiger charge is -2.09. The van der Waals surface area contributed by atoms with Gasteiger partial charge in [-0.25, -0.2) is 8.42 Å². The third kappa shape index (κ3) is 3.15. The minimum Gasteiger partial charge on any atom is -0.218 e. The summed E-state index contributed by atoms with van der Waals surface area (Å²) in [5.74, 6) is 0. The normalized spacial score (nSPS) is 11.6. The van der Waals surface area contributed by atoms with E-state index in [4.69, 9.17) is 0 Å². The van der Waals surface area contributed by atoms with Crippen molar-refractivity contribution in [3.8, 4) is 0 Å². The molecule has 0 unspecified atom stereocenters. The van der Waals surface area contributed by atoms with Gasteiger partial charge in [0.2, 0.25) is 9.84 Å². The van der Waals surface area contributed by atoms with Gasteiger partial charge >= 0.3 is 0 Å². The van der Waals surface area contributed by atoms with E-state index in [1.807, 2.05) is 0 Å². The number of rotatable bonds is 2. The van der Waals surface area contributed by atoms with Crippen LogP contribution in [-0.2, 0) is 9.84 Å². The summed E-state index contributed by atoms with van der Waals surface area (Å²) in [5, 5.41) is 0. The van der Waals surface area contributed by atoms with Crippen molar-refractivity contribution in [2.75, 3.05) is 0 Å². The molecule has 7 heteroatoms. The van der Waals surface area contributed by atoms with Crippen LogP contribution in [0.15, 0.2) is 64.1 Å². The number of hydrogen-bond donors (Lipinski definition) is 0. The maximum Gasteiger partial charge on any atom is 0.207 e. The molecule has 0 aliphatic carbocycles. The van der Waals surface area contributed by atoms with Crippen molar-refractivity contribution in [1.82, 2.24) is 0 Å². The Morgan fingerprint density at radius 2 is 1.32 bits per heavy atom. The SMILES string of the molecule is O=S(=O)(c1ccc(Br)cc1)c1ccc(Br)c(Br)c1Br. The largest absolute Gasteiger partial charge is 0.218 e. The average Bonchev–Trinajstić information content (AvgIpc) is 2.36. The van der Waals surface area contributed by atoms with Crippen molar-refractivity contribution in [2.24, 2.45) is 0 Å². The van der Waals surface area contributed by atoms with Crippen molar-refractivity contribution in [2.45, 2.75) is 9.79 Å². The fourth-order valence-electron chi connectivity index (χ4n) is 1.46. The second-order valence-corrected chi connectivity index (χ2v) is 8.90. The van der Waals surface area contributed by atoms with Gasteiger partial charge in [0, 0.05) is 13.4 Å². The van der Waals surface area contributed by atoms with Gasteiger partial charge < -0.3 is 0 Å². The minimum atomic E-state index is -3.54. The molecular weight excluding hydrogens is 528 g/mol. The van der Waals surface area contributed by atoms with Gasteiger partial charge in [-0.2, -0.15) is 0 Å². The Hall–Kier alpha value is 0.310. The molecule has 2 rings (SSSR count). The van der Waals surface area contributed by atoms with Crippen molar-refractivity contribution >= 4 is 73.6 Å². The highest BCUT2D eigenvalue weighted by Gasteiger charge is 2.22. The Kier molecular flexibility index (Phi) is 4.93. The van der Waals surface area contributed by atoms with Gasteiger partial charge in [0.05, 0.1) is 14.3 Å². The van der Waals surface area contributed by atoms with Crippen LogP contribution in [0.2, 0.25) is 0 Å². The summed E-state index contributed by atoms with van der Waals surface area (Å²) in [6, 6.07) is 9.81. The monoisotopic (exact) mass is 530 g/mol. The lowest BCUT2D eigenvalue weighted by atomic mass is 10.4. The molecule has 0 aliphatic heterocycles. The van der Waals surface area contributed by atoms with Gasteiger partial charge in [-0.05, 0) is 84.2 Å². The molecule has 0 fully saturated rings. The molecule has 0 bridgehead atoms. The van der Waals surface area contributed by atoms with Crippen molar-refractivity contribution in [1.29, 1.82) is 0 Å². The van der Waals surface area contributed by atoms with E-state index in [0.29, 0.717) is 8.95 Å². The van der Waals surface area contributed by atoms with E-state index in [-0.39, 0.29) is 9.79 Å². The van der Waals surface area contributed by atoms with E-state index in [1.54, 1.807) is 36.4 Å². The van der Waals surface area contributed by atoms with E-state index in [9.17, 15) is 8.42 Å². The van der Waals surface area contributed by atoms with Gasteiger partial charge in [0.15, 0.2) is 0 Å². The van der Waals surface area contributed by atoms with Gasteiger partial charge in [-0.1, -0.05) is 15.9 Å². The number of benzene rings is 2. The standard InChI is InChI=1S/C12H6Br4O2S/c13-7-1-3-8(4-2-7)19(17,18)10-6-5-9(14)11(15)12(10)16/h1-6H. The summed E-state index contributed by atoms with van der Waals surface area (Å²) in [4.78, 5) is 0.482. The maximum atomic E-state index is 12.5. The van der Waals surface area contributed by atoms with Gasteiger partial charge in [-0.15, -0.1) is 0 Å². The predicted octanol–water partition coefficient (Wildman–Crippen LogP) is 5.57. The predicted molar refractivity (Wildman–Crippen MR) is 89.1 cm³/mol. The zero-order valence-electron chi connectivity index (χ0n) is 9.20. The Morgan fingerprint density at radius 3 is 1.89 bits per heavy atom. The molecule has 0 aliphatic rings. The number of hydrogen-bond acceptors (Lipinski definition) is 2. The zero-order chi connectivity index (χ0) is 14.2. The smallest absolute Gasteiger partial charge is 0.207 e. The highest BCUT2D eigenvalue weighted by molar-refractivity contribution is 9.14. The molecule has 19 heavy (non-hydrogen) atoms. The van der Waals surface area contributed by atoms with Crippen LogP contribution < -0.4 is 0 Å². The molecule has 0 saturated carbocycles. The zero-order valence-corrected chi connectivity index (χ0v) is 16.4. The molecule has 0 heterocycles. The molecular formula is C12H6Br4O2S. The lowest BCUT2D eigenvalue weighted by molar-refractivity contribution is 0.595. The first-order valence-electron chi connectivity index (χ1n) is 4.98. The molecule has 0 amide bonds. The van der Waals surface area contributed by atoms with E-state index < -0.39 is 9.84 Å². The van der Waals surface area contributed by atoms with Crippen LogP contribution in [0.4, 0.5) is 0 Å². The average molecular weight is 534 g/mol. The summed E-state index contributed by atoms with van der Waals surface area (Å²) in [6.07, 6.45) is 0. The lowest BCUT2D eigenvalue weighted by Crippen LogP contribution is -2.03. The quantitative estimate of drug-likeness (QED) is 0.473. The third-order valence-corrected chi connectivity index (χ3v) is 8.39. The molecule has 100 valence electrons. The molecule has 0 atom stereocenters. The molecule has 2 nitrogen and oxygen atoms in total. The Morgan fingerprint density at radius 1 is 0.737 bits per heavy atom. The topological polar surface area (TPSA) is 34.1 Å². The van der Waals surface area contributed by atoms with Crippen LogP contribution in [0.1, 0.15) is 0 Å². The molecule has 0 saturated heterocycles. The third-order valence-electron chi connectivity index (χ3n) is 2.41. The minimum absolute atomic E-state index is 0.227. The van der Waals surface area contributed by atoms with Crippen LogP contribution >= 0.6 is 63.7 Å². The number of sulfone groups is 1. The fraction of sp³-hybridized carbons (Fsp3) is 0. The van der Waals surface area contributed by atoms with Crippen LogP contribution in [0.5, 0.6) is 0 Å². The Labute approximate surface area is 145 Å². The fourth-order valence-corrected chi connectivity index (χ4v) is 5.11. The summed E-state index contributed by atoms with van der Waals surface area (Å²) >= 11 is 13.3. The first kappa shape index (κ1) is 15.7. The Bertz CT molecular complexity index is 724. The highest BCUT2D eigenvalue weighted by atomic mass is 79.9. The first-order chi connectivity index (χ1) is 8.84. The van der Waals surface area contributed by atoms with Crippen molar-refractivity contribution in [3.05, 3.63) is 54.3 Å². The van der Waals surface area contributed by atoms with Gasteiger partial charge in [0.1, 0.15) is 0 Å². The van der Waals surface area contributed by atoms with Crippen LogP contribution in [-0.4, -0.2) is 8.42 Å². The van der Waals surface area contributed by atoms with Crippen LogP contribution in [0.25, 0.3) is 0 Å². The molecule has 2 aromatic rings. The van der Waals surface area contributed by atoms with E-state index in [2.05, 4.69) is 63.7 Å². The maximum absolute atomic E-state index is 12.5. The van der Waals surface area contributed by atoms with Crippen molar-refractivity contribution in [3.63, 3.8) is 0 Å². The van der Waals surface area contributed by atoms with E-state index >= 15 is 0 Å². The van der Waals surface area contributed by atoms with Crippen LogP contribution in [0, 0.1) is 0 Å². The van der Waals surface area contributed by atoms with Gasteiger partial charge in [0.25, 0.3) is 0 Å². The summed E-state index contributed by atoms with van der Waals surface area (Å²) in [5.41, 5.74) is 0. The Balaban J connectivity index is 2.64. The van der Waals surface area contributed by atoms with E-state index in [1.165, 1.54) is 0 Å². The number of halogens is 4. The first-order valence-corrected chi connectivity index (χ1v) is 9.63. The second kappa shape index (κ2) is 5.97. The summed E-state index contributed by atoms with van der Waals surface area (Å²) < 4.78 is 27.9. The second-order valence-electron chi connectivity index (χ2n) is 3.63. The molecule has 0 aromatic heterocycles. The van der Waals surface area contributed by atoms with Crippen LogP contribution in [0.3, 0.4) is 0 Å². The van der Waals surface area contributed by atoms with E-state index in [0.717, 1.165) is 8.95 Å². The van der Waals surface area contributed by atoms with Crippen molar-refractivity contribution < 1.29 is 8.42 Å². The highest BCUT2D eigenvalue weighted by Crippen LogP contribution is 2.37. The molecule has 2 aromatic carbocycles. The molecule has 0 radical (unpaired) electrons. The summed E-state index contributed by atoms with van der Waals surface area (Å²) in [7, 11) is -3.54. The molecule has 0 N–H and O–H groups in total. The molecule has 0 spiro atoms. The summed E-state index contributed by atoms with van der Waals surface area (Å²) in [6.45, 7) is 0.